The molecule has 0 saturated carbocycles. The molecule has 2 heterocycles. The molecule has 38 heavy (non-hydrogen) atoms. The number of benzene rings is 1. The Bertz CT molecular complexity index is 1500. The van der Waals surface area contributed by atoms with Crippen LogP contribution in [0.2, 0.25) is 0 Å². The fourth-order valence-corrected chi connectivity index (χ4v) is 5.85. The van der Waals surface area contributed by atoms with Crippen LogP contribution in [0, 0.1) is 19.8 Å². The maximum Gasteiger partial charge on any atom is 0.354 e. The summed E-state index contributed by atoms with van der Waals surface area (Å²) in [5.74, 6) is -1.03. The number of ether oxygens (including phenoxy) is 1. The summed E-state index contributed by atoms with van der Waals surface area (Å²) in [5.41, 5.74) is 0.549. The van der Waals surface area contributed by atoms with E-state index in [4.69, 9.17) is 9.15 Å². The summed E-state index contributed by atoms with van der Waals surface area (Å²) >= 11 is 0. The van der Waals surface area contributed by atoms with E-state index < -0.39 is 47.6 Å². The second-order valence-electron chi connectivity index (χ2n) is 9.16. The molecule has 1 aliphatic heterocycles. The van der Waals surface area contributed by atoms with Gasteiger partial charge in [-0.3, -0.25) is 0 Å². The Morgan fingerprint density at radius 2 is 1.89 bits per heavy atom. The molecule has 0 amide bonds. The molecule has 3 N–H and O–H groups in total. The summed E-state index contributed by atoms with van der Waals surface area (Å²) < 4.78 is 66.9. The summed E-state index contributed by atoms with van der Waals surface area (Å²) in [4.78, 5) is 11.7. The molecule has 1 atom stereocenters. The van der Waals surface area contributed by atoms with Crippen molar-refractivity contribution in [2.24, 2.45) is 10.3 Å². The van der Waals surface area contributed by atoms with Crippen LogP contribution >= 0.6 is 0 Å². The molecule has 12 nitrogen and oxygen atoms in total. The molecule has 208 valence electrons. The Hall–Kier alpha value is -3.36. The van der Waals surface area contributed by atoms with Crippen LogP contribution in [0.5, 0.6) is 5.75 Å². The second kappa shape index (κ2) is 10.8. The van der Waals surface area contributed by atoms with Crippen molar-refractivity contribution in [3.05, 3.63) is 52.0 Å². The smallest absolute Gasteiger partial charge is 0.354 e. The predicted molar refractivity (Wildman–Crippen MR) is 142 cm³/mol. The van der Waals surface area contributed by atoms with Gasteiger partial charge in [0.1, 0.15) is 22.1 Å². The van der Waals surface area contributed by atoms with E-state index in [-0.39, 0.29) is 29.7 Å². The molecule has 0 unspecified atom stereocenters. The molecule has 0 aliphatic carbocycles. The van der Waals surface area contributed by atoms with Gasteiger partial charge in [-0.1, -0.05) is 19.9 Å². The fraction of sp³-hybridized carbons (Fsp3) is 0.417. The van der Waals surface area contributed by atoms with Crippen molar-refractivity contribution in [1.82, 2.24) is 9.62 Å². The Morgan fingerprint density at radius 1 is 1.24 bits per heavy atom. The topological polar surface area (TPSA) is 168 Å². The molecule has 0 radical (unpaired) electrons. The van der Waals surface area contributed by atoms with Crippen molar-refractivity contribution in [2.45, 2.75) is 45.6 Å². The van der Waals surface area contributed by atoms with E-state index in [1.54, 1.807) is 6.92 Å². The van der Waals surface area contributed by atoms with Gasteiger partial charge in [0, 0.05) is 14.1 Å². The monoisotopic (exact) mass is 568 g/mol. The van der Waals surface area contributed by atoms with Gasteiger partial charge < -0.3 is 24.9 Å². The first-order chi connectivity index (χ1) is 17.6. The van der Waals surface area contributed by atoms with Gasteiger partial charge in [-0.15, -0.1) is 4.40 Å². The van der Waals surface area contributed by atoms with E-state index in [0.717, 1.165) is 9.87 Å². The zero-order valence-corrected chi connectivity index (χ0v) is 23.8. The van der Waals surface area contributed by atoms with Gasteiger partial charge in [0.15, 0.2) is 11.6 Å². The van der Waals surface area contributed by atoms with Crippen LogP contribution in [0.15, 0.2) is 48.6 Å². The number of phenolic OH excluding ortho intramolecular Hbond substituents is 1. The Balaban J connectivity index is 2.16. The number of nitrogens with zero attached hydrogens (tertiary/aromatic N) is 2. The summed E-state index contributed by atoms with van der Waals surface area (Å²) in [5, 5.41) is 16.5. The van der Waals surface area contributed by atoms with E-state index in [0.29, 0.717) is 11.5 Å². The van der Waals surface area contributed by atoms with Crippen molar-refractivity contribution >= 4 is 37.5 Å². The standard InChI is InChI=1S/C24H32N4O8S2/c1-8-35-24(30)22-20(26-19(13(2)3)17-12-14(4)15(5)36-17)23(27-37(22,31)32)25-16-10-9-11-18(21(16)29)38(33,34)28(6)7/h9-13,19,26,29H,8H2,1-7H3,(H,25,27)/t19-/m1/s1. The number of sulfonamides is 2. The lowest BCUT2D eigenvalue weighted by Crippen LogP contribution is -2.32. The Kier molecular flexibility index (Phi) is 8.29. The second-order valence-corrected chi connectivity index (χ2v) is 12.8. The number of hydrogen-bond acceptors (Lipinski definition) is 10. The third kappa shape index (κ3) is 5.56. The molecule has 0 spiro atoms. The number of rotatable bonds is 9. The number of carbonyl (C=O) groups excluding carboxylic acids is 1. The van der Waals surface area contributed by atoms with Gasteiger partial charge in [-0.05, 0) is 50.5 Å². The Morgan fingerprint density at radius 3 is 2.42 bits per heavy atom. The molecule has 1 aromatic carbocycles. The molecule has 1 aliphatic rings. The number of aryl methyl sites for hydroxylation is 2. The van der Waals surface area contributed by atoms with E-state index in [1.807, 2.05) is 26.8 Å². The van der Waals surface area contributed by atoms with Crippen LogP contribution in [-0.2, 0) is 29.6 Å². The largest absolute Gasteiger partial charge is 0.504 e. The van der Waals surface area contributed by atoms with Gasteiger partial charge in [0.2, 0.25) is 14.9 Å². The number of amidine groups is 1. The lowest BCUT2D eigenvalue weighted by atomic mass is 10.0. The van der Waals surface area contributed by atoms with E-state index in [1.165, 1.54) is 39.2 Å². The summed E-state index contributed by atoms with van der Waals surface area (Å²) in [6.45, 7) is 8.88. The lowest BCUT2D eigenvalue weighted by molar-refractivity contribution is -0.137. The van der Waals surface area contributed by atoms with Crippen molar-refractivity contribution < 1.29 is 35.9 Å². The van der Waals surface area contributed by atoms with Crippen LogP contribution in [0.25, 0.3) is 0 Å². The average molecular weight is 569 g/mol. The molecule has 2 aromatic rings. The third-order valence-corrected chi connectivity index (χ3v) is 9.02. The van der Waals surface area contributed by atoms with Crippen LogP contribution in [0.4, 0.5) is 5.69 Å². The summed E-state index contributed by atoms with van der Waals surface area (Å²) in [6, 6.07) is 5.15. The lowest BCUT2D eigenvalue weighted by Gasteiger charge is -2.24. The minimum Gasteiger partial charge on any atom is -0.504 e. The Labute approximate surface area is 222 Å². The minimum atomic E-state index is -4.52. The van der Waals surface area contributed by atoms with Crippen molar-refractivity contribution in [3.63, 3.8) is 0 Å². The predicted octanol–water partition coefficient (Wildman–Crippen LogP) is 2.77. The van der Waals surface area contributed by atoms with Crippen molar-refractivity contribution in [2.75, 3.05) is 26.0 Å². The first-order valence-electron chi connectivity index (χ1n) is 11.7. The molecule has 14 heteroatoms. The molecule has 1 aromatic heterocycles. The first-order valence-corrected chi connectivity index (χ1v) is 14.6. The number of carbonyl (C=O) groups is 1. The highest BCUT2D eigenvalue weighted by atomic mass is 32.2. The molecule has 0 bridgehead atoms. The molecule has 0 fully saturated rings. The first kappa shape index (κ1) is 29.2. The van der Waals surface area contributed by atoms with Gasteiger partial charge >= 0.3 is 5.97 Å². The van der Waals surface area contributed by atoms with E-state index >= 15 is 0 Å². The van der Waals surface area contributed by atoms with Crippen LogP contribution in [-0.4, -0.2) is 58.8 Å². The number of furan rings is 1. The van der Waals surface area contributed by atoms with Crippen molar-refractivity contribution in [1.29, 1.82) is 0 Å². The number of hydrogen-bond donors (Lipinski definition) is 3. The molecule has 3 rings (SSSR count). The average Bonchev–Trinajstić information content (AvgIpc) is 3.26. The summed E-state index contributed by atoms with van der Waals surface area (Å²) in [6.07, 6.45) is 0. The van der Waals surface area contributed by atoms with Gasteiger partial charge in [0.25, 0.3) is 10.0 Å². The van der Waals surface area contributed by atoms with Crippen molar-refractivity contribution in [3.8, 4) is 5.75 Å². The zero-order valence-electron chi connectivity index (χ0n) is 22.2. The number of phenols is 1. The molecule has 0 saturated heterocycles. The van der Waals surface area contributed by atoms with Crippen LogP contribution in [0.3, 0.4) is 0 Å². The minimum absolute atomic E-state index is 0.0801. The molecular weight excluding hydrogens is 536 g/mol. The van der Waals surface area contributed by atoms with Crippen LogP contribution < -0.4 is 10.6 Å². The summed E-state index contributed by atoms with van der Waals surface area (Å²) in [7, 11) is -5.93. The van der Waals surface area contributed by atoms with Gasteiger partial charge in [-0.25, -0.2) is 17.5 Å². The number of nitrogens with one attached hydrogen (secondary N) is 2. The van der Waals surface area contributed by atoms with E-state index in [2.05, 4.69) is 15.0 Å². The number of para-hydroxylation sites is 1. The highest BCUT2D eigenvalue weighted by molar-refractivity contribution is 7.95. The quantitative estimate of drug-likeness (QED) is 0.302. The normalized spacial score (nSPS) is 16.1. The van der Waals surface area contributed by atoms with Gasteiger partial charge in [0.05, 0.1) is 18.3 Å². The SMILES string of the molecule is CCOC(=O)C1=C(N[C@@H](c2cc(C)c(C)o2)C(C)C)C(Nc2cccc(S(=O)(=O)N(C)C)c2O)=NS1(=O)=O. The zero-order chi connectivity index (χ0) is 28.6. The third-order valence-electron chi connectivity index (χ3n) is 5.86. The number of anilines is 1. The fourth-order valence-electron chi connectivity index (χ4n) is 3.70. The van der Waals surface area contributed by atoms with E-state index in [9.17, 15) is 26.7 Å². The molecular formula is C24H32N4O8S2. The maximum absolute atomic E-state index is 13.0. The number of esters is 1. The van der Waals surface area contributed by atoms with Gasteiger partial charge in [-0.2, -0.15) is 8.42 Å². The number of aromatic hydroxyl groups is 1. The highest BCUT2D eigenvalue weighted by Gasteiger charge is 2.41. The van der Waals surface area contributed by atoms with Crippen LogP contribution in [0.1, 0.15) is 43.9 Å². The highest BCUT2D eigenvalue weighted by Crippen LogP contribution is 2.35. The maximum atomic E-state index is 13.0.